The van der Waals surface area contributed by atoms with Crippen LogP contribution in [0, 0.1) is 23.2 Å². The maximum Gasteiger partial charge on any atom is 0.340 e. The highest BCUT2D eigenvalue weighted by Crippen LogP contribution is 2.61. The number of aliphatic hydroxyl groups excluding tert-OH is 2. The van der Waals surface area contributed by atoms with Crippen molar-refractivity contribution in [3.05, 3.63) is 11.6 Å². The molecule has 6 N–H and O–H groups in total. The number of fused-ring (bicyclic) bond motifs is 1. The summed E-state index contributed by atoms with van der Waals surface area (Å²) in [6, 6.07) is 0. The normalized spacial score (nSPS) is 36.1. The highest BCUT2D eigenvalue weighted by molar-refractivity contribution is 7.70. The van der Waals surface area contributed by atoms with Crippen molar-refractivity contribution in [1.29, 1.82) is 0 Å². The molecule has 41 heavy (non-hydrogen) atoms. The van der Waals surface area contributed by atoms with Crippen LogP contribution in [0.25, 0.3) is 11.2 Å². The van der Waals surface area contributed by atoms with Gasteiger partial charge in [0, 0.05) is 6.42 Å². The number of amides is 1. The van der Waals surface area contributed by atoms with Gasteiger partial charge in [0.25, 0.3) is 0 Å². The number of imidazole rings is 1. The second-order valence-electron chi connectivity index (χ2n) is 12.1. The van der Waals surface area contributed by atoms with E-state index in [0.717, 1.165) is 19.3 Å². The molecule has 0 spiro atoms. The van der Waals surface area contributed by atoms with E-state index in [-0.39, 0.29) is 33.6 Å². The van der Waals surface area contributed by atoms with E-state index in [2.05, 4.69) is 20.3 Å². The zero-order valence-corrected chi connectivity index (χ0v) is 24.4. The zero-order valence-electron chi connectivity index (χ0n) is 21.8. The Bertz CT molecular complexity index is 1420. The van der Waals surface area contributed by atoms with Gasteiger partial charge in [-0.05, 0) is 73.3 Å². The van der Waals surface area contributed by atoms with Gasteiger partial charge in [-0.1, -0.05) is 0 Å². The molecule has 226 valence electrons. The van der Waals surface area contributed by atoms with Gasteiger partial charge in [-0.15, -0.1) is 0 Å². The summed E-state index contributed by atoms with van der Waals surface area (Å²) in [5, 5.41) is 23.8. The highest BCUT2D eigenvalue weighted by Gasteiger charge is 2.51. The fourth-order valence-electron chi connectivity index (χ4n) is 7.75. The molecule has 1 aliphatic heterocycles. The maximum atomic E-state index is 13.2. The van der Waals surface area contributed by atoms with Crippen LogP contribution in [0.4, 0.5) is 5.82 Å². The number of carbonyl (C=O) groups is 1. The molecule has 0 radical (unpaired) electrons. The van der Waals surface area contributed by atoms with Crippen LogP contribution in [0.15, 0.2) is 6.33 Å². The molecule has 4 bridgehead atoms. The van der Waals surface area contributed by atoms with Crippen LogP contribution in [-0.2, 0) is 23.2 Å². The van der Waals surface area contributed by atoms with E-state index in [1.165, 1.54) is 30.2 Å². The van der Waals surface area contributed by atoms with Crippen molar-refractivity contribution in [1.82, 2.24) is 19.5 Å². The molecule has 4 aliphatic carbocycles. The van der Waals surface area contributed by atoms with E-state index in [9.17, 15) is 29.0 Å². The van der Waals surface area contributed by atoms with E-state index in [0.29, 0.717) is 24.2 Å². The van der Waals surface area contributed by atoms with E-state index in [1.807, 2.05) is 0 Å². The first-order valence-electron chi connectivity index (χ1n) is 13.4. The summed E-state index contributed by atoms with van der Waals surface area (Å²) in [6.45, 7) is -0.740. The molecule has 2 unspecified atom stereocenters. The number of carbonyl (C=O) groups excluding carboxylic acids is 1. The van der Waals surface area contributed by atoms with E-state index in [4.69, 9.17) is 30.6 Å². The van der Waals surface area contributed by atoms with Crippen LogP contribution < -0.4 is 5.32 Å². The summed E-state index contributed by atoms with van der Waals surface area (Å²) in [6.07, 6.45) is 2.87. The summed E-state index contributed by atoms with van der Waals surface area (Å²) in [4.78, 5) is 53.5. The van der Waals surface area contributed by atoms with Gasteiger partial charge >= 0.3 is 15.2 Å². The summed E-state index contributed by atoms with van der Waals surface area (Å²) >= 11 is 6.18. The van der Waals surface area contributed by atoms with Crippen LogP contribution >= 0.6 is 26.8 Å². The monoisotopic (exact) mass is 635 g/mol. The van der Waals surface area contributed by atoms with Crippen molar-refractivity contribution >= 4 is 49.7 Å². The molecule has 0 aromatic carbocycles. The quantitative estimate of drug-likeness (QED) is 0.171. The molecule has 5 atom stereocenters. The Balaban J connectivity index is 1.17. The minimum Gasteiger partial charge on any atom is -0.387 e. The van der Waals surface area contributed by atoms with Crippen LogP contribution in [0.3, 0.4) is 0 Å². The van der Waals surface area contributed by atoms with Gasteiger partial charge in [-0.3, -0.25) is 18.5 Å². The fourth-order valence-corrected chi connectivity index (χ4v) is 10.5. The Morgan fingerprint density at radius 3 is 2.34 bits per heavy atom. The maximum absolute atomic E-state index is 13.2. The average molecular weight is 636 g/mol. The first kappa shape index (κ1) is 29.6. The fraction of sp³-hybridized carbons (Fsp3) is 0.739. The molecule has 18 heteroatoms. The van der Waals surface area contributed by atoms with Crippen LogP contribution in [0.2, 0.25) is 5.28 Å². The van der Waals surface area contributed by atoms with Gasteiger partial charge in [-0.25, -0.2) is 4.98 Å². The predicted octanol–water partition coefficient (Wildman–Crippen LogP) is 1.98. The molecule has 1 saturated heterocycles. The topological polar surface area (TPSA) is 226 Å². The number of aliphatic hydroxyl groups is 2. The summed E-state index contributed by atoms with van der Waals surface area (Å²) in [5.41, 5.74) is 0.287. The smallest absolute Gasteiger partial charge is 0.340 e. The SMILES string of the molecule is O=C(CC12CC3CC(CC(C3)C1)C2)Nc1nc(Cl)nc2c1ncn2[C@@H]1O[C@H](COP(=O)(O)CP(=O)(O)O)[C@H](O)C1O. The molecule has 15 nitrogen and oxygen atoms in total. The first-order chi connectivity index (χ1) is 19.2. The van der Waals surface area contributed by atoms with E-state index in [1.54, 1.807) is 0 Å². The number of nitrogens with zero attached hydrogens (tertiary/aromatic N) is 4. The van der Waals surface area contributed by atoms with Crippen molar-refractivity contribution < 1.29 is 48.1 Å². The van der Waals surface area contributed by atoms with Crippen LogP contribution in [0.5, 0.6) is 0 Å². The zero-order chi connectivity index (χ0) is 29.3. The average Bonchev–Trinajstić information content (AvgIpc) is 3.35. The largest absolute Gasteiger partial charge is 0.387 e. The molecule has 2 aromatic heterocycles. The Hall–Kier alpha value is -1.51. The first-order valence-corrected chi connectivity index (χ1v) is 17.4. The van der Waals surface area contributed by atoms with Gasteiger partial charge < -0.3 is 39.5 Å². The minimum absolute atomic E-state index is 0.00692. The number of nitrogens with one attached hydrogen (secondary N) is 1. The Labute approximate surface area is 239 Å². The third-order valence-electron chi connectivity index (χ3n) is 8.77. The van der Waals surface area contributed by atoms with Gasteiger partial charge in [0.1, 0.15) is 18.3 Å². The lowest BCUT2D eigenvalue weighted by Gasteiger charge is -2.56. The van der Waals surface area contributed by atoms with Crippen molar-refractivity contribution in [2.75, 3.05) is 17.8 Å². The number of anilines is 1. The number of rotatable bonds is 9. The molecule has 7 rings (SSSR count). The molecule has 5 fully saturated rings. The van der Waals surface area contributed by atoms with Crippen LogP contribution in [-0.4, -0.2) is 81.1 Å². The molecule has 1 amide bonds. The van der Waals surface area contributed by atoms with Crippen molar-refractivity contribution in [2.24, 2.45) is 23.2 Å². The molecular weight excluding hydrogens is 604 g/mol. The van der Waals surface area contributed by atoms with Crippen molar-refractivity contribution in [2.45, 2.75) is 69.5 Å². The van der Waals surface area contributed by atoms with Crippen LogP contribution in [0.1, 0.15) is 51.2 Å². The lowest BCUT2D eigenvalue weighted by Crippen LogP contribution is -2.47. The Morgan fingerprint density at radius 1 is 1.10 bits per heavy atom. The minimum atomic E-state index is -4.85. The Kier molecular flexibility index (Phi) is 7.63. The van der Waals surface area contributed by atoms with Gasteiger partial charge in [0.15, 0.2) is 29.1 Å². The number of hydrogen-bond donors (Lipinski definition) is 6. The van der Waals surface area contributed by atoms with E-state index < -0.39 is 52.2 Å². The van der Waals surface area contributed by atoms with Crippen molar-refractivity contribution in [3.8, 4) is 0 Å². The predicted molar refractivity (Wildman–Crippen MR) is 143 cm³/mol. The van der Waals surface area contributed by atoms with Gasteiger partial charge in [-0.2, -0.15) is 9.97 Å². The lowest BCUT2D eigenvalue weighted by atomic mass is 9.49. The summed E-state index contributed by atoms with van der Waals surface area (Å²) in [7, 11) is -9.57. The third kappa shape index (κ3) is 6.12. The standard InChI is InChI=1S/C23H32ClN5O10P2/c24-22-27-19(26-15(30)7-23-4-11-1-12(5-23)3-13(2-11)6-23)16-20(28-22)29(9-25-16)21-18(32)17(31)14(39-21)8-38-41(36,37)10-40(33,34)35/h9,11-14,17-18,21,31-32H,1-8,10H2,(H,36,37)(H2,33,34,35)(H,26,27,28,30)/t11?,12?,13?,14-,17+,18?,21-,23?/m1/s1. The Morgan fingerprint density at radius 2 is 1.73 bits per heavy atom. The number of ether oxygens (including phenoxy) is 1. The number of aromatic nitrogens is 4. The molecular formula is C23H32ClN5O10P2. The van der Waals surface area contributed by atoms with Gasteiger partial charge in [0.2, 0.25) is 11.2 Å². The molecule has 5 aliphatic rings. The number of hydrogen-bond acceptors (Lipinski definition) is 10. The third-order valence-corrected chi connectivity index (χ3v) is 12.4. The van der Waals surface area contributed by atoms with Gasteiger partial charge in [0.05, 0.1) is 12.9 Å². The summed E-state index contributed by atoms with van der Waals surface area (Å²) in [5.74, 6) is 0.590. The van der Waals surface area contributed by atoms with Crippen molar-refractivity contribution in [3.63, 3.8) is 0 Å². The molecule has 3 heterocycles. The number of halogens is 1. The molecule has 4 saturated carbocycles. The second-order valence-corrected chi connectivity index (χ2v) is 16.4. The lowest BCUT2D eigenvalue weighted by molar-refractivity contribution is -0.124. The van der Waals surface area contributed by atoms with E-state index >= 15 is 0 Å². The molecule has 2 aromatic rings. The second kappa shape index (κ2) is 10.6. The summed E-state index contributed by atoms with van der Waals surface area (Å²) < 4.78 is 34.8. The highest BCUT2D eigenvalue weighted by atomic mass is 35.5.